The molecule has 0 aromatic carbocycles. The number of pyridine rings is 1. The Kier molecular flexibility index (Phi) is 2.69. The standard InChI is InChI=1S/C12H13BrN2O/c13-9-3-4-12-14-10(8-15(12)7-9)6-11-2-1-5-16-11/h3-4,7-8,11H,1-2,5-6H2. The van der Waals surface area contributed by atoms with Gasteiger partial charge in [-0.3, -0.25) is 0 Å². The van der Waals surface area contributed by atoms with Crippen molar-refractivity contribution in [2.24, 2.45) is 0 Å². The van der Waals surface area contributed by atoms with Crippen LogP contribution in [0.3, 0.4) is 0 Å². The van der Waals surface area contributed by atoms with Gasteiger partial charge in [-0.25, -0.2) is 4.98 Å². The molecule has 1 aliphatic heterocycles. The van der Waals surface area contributed by atoms with Crippen molar-refractivity contribution in [3.05, 3.63) is 34.7 Å². The molecule has 16 heavy (non-hydrogen) atoms. The van der Waals surface area contributed by atoms with Crippen LogP contribution < -0.4 is 0 Å². The Balaban J connectivity index is 1.86. The topological polar surface area (TPSA) is 26.5 Å². The van der Waals surface area contributed by atoms with E-state index in [1.54, 1.807) is 0 Å². The average molecular weight is 281 g/mol. The molecule has 1 aliphatic rings. The number of hydrogen-bond donors (Lipinski definition) is 0. The molecular formula is C12H13BrN2O. The normalized spacial score (nSPS) is 20.7. The highest BCUT2D eigenvalue weighted by molar-refractivity contribution is 9.10. The van der Waals surface area contributed by atoms with Gasteiger partial charge in [-0.1, -0.05) is 0 Å². The SMILES string of the molecule is Brc1ccc2nc(CC3CCCO3)cn2c1. The summed E-state index contributed by atoms with van der Waals surface area (Å²) in [5, 5.41) is 0. The fourth-order valence-electron chi connectivity index (χ4n) is 2.15. The number of ether oxygens (including phenoxy) is 1. The van der Waals surface area contributed by atoms with Gasteiger partial charge in [0, 0.05) is 29.9 Å². The van der Waals surface area contributed by atoms with Crippen LogP contribution in [0.1, 0.15) is 18.5 Å². The second-order valence-electron chi connectivity index (χ2n) is 4.18. The summed E-state index contributed by atoms with van der Waals surface area (Å²) in [6, 6.07) is 4.03. The smallest absolute Gasteiger partial charge is 0.137 e. The Morgan fingerprint density at radius 3 is 3.19 bits per heavy atom. The predicted molar refractivity (Wildman–Crippen MR) is 65.6 cm³/mol. The maximum Gasteiger partial charge on any atom is 0.137 e. The Morgan fingerprint density at radius 2 is 2.38 bits per heavy atom. The molecule has 2 aromatic heterocycles. The zero-order chi connectivity index (χ0) is 11.0. The van der Waals surface area contributed by atoms with Crippen molar-refractivity contribution in [1.82, 2.24) is 9.38 Å². The van der Waals surface area contributed by atoms with Crippen molar-refractivity contribution >= 4 is 21.6 Å². The number of hydrogen-bond acceptors (Lipinski definition) is 2. The van der Waals surface area contributed by atoms with Crippen LogP contribution in [-0.2, 0) is 11.2 Å². The maximum absolute atomic E-state index is 5.62. The molecule has 2 aromatic rings. The zero-order valence-corrected chi connectivity index (χ0v) is 10.5. The zero-order valence-electron chi connectivity index (χ0n) is 8.90. The minimum absolute atomic E-state index is 0.369. The molecule has 3 rings (SSSR count). The van der Waals surface area contributed by atoms with Crippen molar-refractivity contribution in [2.45, 2.75) is 25.4 Å². The van der Waals surface area contributed by atoms with Crippen LogP contribution >= 0.6 is 15.9 Å². The van der Waals surface area contributed by atoms with Gasteiger partial charge in [0.15, 0.2) is 0 Å². The number of halogens is 1. The molecule has 0 bridgehead atoms. The van der Waals surface area contributed by atoms with Gasteiger partial charge in [0.1, 0.15) is 5.65 Å². The molecule has 3 heterocycles. The summed E-state index contributed by atoms with van der Waals surface area (Å²) in [6.45, 7) is 0.906. The lowest BCUT2D eigenvalue weighted by Crippen LogP contribution is -2.08. The number of aromatic nitrogens is 2. The molecular weight excluding hydrogens is 268 g/mol. The van der Waals surface area contributed by atoms with E-state index in [9.17, 15) is 0 Å². The Hall–Kier alpha value is -0.870. The molecule has 0 radical (unpaired) electrons. The lowest BCUT2D eigenvalue weighted by Gasteiger charge is -2.05. The first kappa shape index (κ1) is 10.3. The van der Waals surface area contributed by atoms with Gasteiger partial charge in [0.05, 0.1) is 11.8 Å². The van der Waals surface area contributed by atoms with E-state index in [0.717, 1.165) is 35.3 Å². The third-order valence-corrected chi connectivity index (χ3v) is 3.39. The van der Waals surface area contributed by atoms with Crippen LogP contribution in [0.5, 0.6) is 0 Å². The van der Waals surface area contributed by atoms with E-state index >= 15 is 0 Å². The van der Waals surface area contributed by atoms with E-state index in [4.69, 9.17) is 4.74 Å². The number of nitrogens with zero attached hydrogens (tertiary/aromatic N) is 2. The van der Waals surface area contributed by atoms with Gasteiger partial charge < -0.3 is 9.14 Å². The van der Waals surface area contributed by atoms with Crippen LogP contribution in [0.25, 0.3) is 5.65 Å². The van der Waals surface area contributed by atoms with Gasteiger partial charge in [0.2, 0.25) is 0 Å². The number of imidazole rings is 1. The van der Waals surface area contributed by atoms with Gasteiger partial charge >= 0.3 is 0 Å². The molecule has 0 N–H and O–H groups in total. The molecule has 4 heteroatoms. The third kappa shape index (κ3) is 1.99. The summed E-state index contributed by atoms with van der Waals surface area (Å²) in [5.74, 6) is 0. The summed E-state index contributed by atoms with van der Waals surface area (Å²) >= 11 is 3.46. The van der Waals surface area contributed by atoms with Crippen molar-refractivity contribution in [3.8, 4) is 0 Å². The van der Waals surface area contributed by atoms with E-state index < -0.39 is 0 Å². The van der Waals surface area contributed by atoms with Crippen molar-refractivity contribution in [1.29, 1.82) is 0 Å². The summed E-state index contributed by atoms with van der Waals surface area (Å²) in [6.07, 6.45) is 7.76. The monoisotopic (exact) mass is 280 g/mol. The second kappa shape index (κ2) is 4.18. The summed E-state index contributed by atoms with van der Waals surface area (Å²) < 4.78 is 8.74. The lowest BCUT2D eigenvalue weighted by molar-refractivity contribution is 0.111. The van der Waals surface area contributed by atoms with E-state index in [2.05, 4.69) is 27.1 Å². The summed E-state index contributed by atoms with van der Waals surface area (Å²) in [7, 11) is 0. The van der Waals surface area contributed by atoms with Crippen LogP contribution in [0.4, 0.5) is 0 Å². The average Bonchev–Trinajstić information content (AvgIpc) is 2.86. The highest BCUT2D eigenvalue weighted by Gasteiger charge is 2.17. The van der Waals surface area contributed by atoms with Crippen LogP contribution in [0.15, 0.2) is 29.0 Å². The maximum atomic E-state index is 5.62. The van der Waals surface area contributed by atoms with E-state index in [0.29, 0.717) is 6.10 Å². The first-order chi connectivity index (χ1) is 7.81. The minimum Gasteiger partial charge on any atom is -0.378 e. The first-order valence-corrected chi connectivity index (χ1v) is 6.35. The Morgan fingerprint density at radius 1 is 1.44 bits per heavy atom. The molecule has 1 fully saturated rings. The quantitative estimate of drug-likeness (QED) is 0.846. The fourth-order valence-corrected chi connectivity index (χ4v) is 2.51. The van der Waals surface area contributed by atoms with Crippen LogP contribution in [0, 0.1) is 0 Å². The molecule has 0 amide bonds. The largest absolute Gasteiger partial charge is 0.378 e. The summed E-state index contributed by atoms with van der Waals surface area (Å²) in [5.41, 5.74) is 2.11. The molecule has 0 saturated carbocycles. The molecule has 1 unspecified atom stereocenters. The van der Waals surface area contributed by atoms with E-state index in [1.165, 1.54) is 6.42 Å². The third-order valence-electron chi connectivity index (χ3n) is 2.93. The molecule has 0 aliphatic carbocycles. The molecule has 1 atom stereocenters. The van der Waals surface area contributed by atoms with Gasteiger partial charge in [-0.2, -0.15) is 0 Å². The first-order valence-electron chi connectivity index (χ1n) is 5.56. The van der Waals surface area contributed by atoms with Crippen molar-refractivity contribution in [2.75, 3.05) is 6.61 Å². The van der Waals surface area contributed by atoms with E-state index in [-0.39, 0.29) is 0 Å². The molecule has 0 spiro atoms. The van der Waals surface area contributed by atoms with Gasteiger partial charge in [-0.05, 0) is 40.9 Å². The van der Waals surface area contributed by atoms with Gasteiger partial charge in [0.25, 0.3) is 0 Å². The second-order valence-corrected chi connectivity index (χ2v) is 5.10. The fraction of sp³-hybridized carbons (Fsp3) is 0.417. The molecule has 1 saturated heterocycles. The van der Waals surface area contributed by atoms with Crippen LogP contribution in [-0.4, -0.2) is 22.1 Å². The molecule has 3 nitrogen and oxygen atoms in total. The van der Waals surface area contributed by atoms with Crippen molar-refractivity contribution in [3.63, 3.8) is 0 Å². The van der Waals surface area contributed by atoms with E-state index in [1.807, 2.05) is 22.7 Å². The van der Waals surface area contributed by atoms with Gasteiger partial charge in [-0.15, -0.1) is 0 Å². The Bertz CT molecular complexity index is 503. The highest BCUT2D eigenvalue weighted by atomic mass is 79.9. The minimum atomic E-state index is 0.369. The number of fused-ring (bicyclic) bond motifs is 1. The molecule has 84 valence electrons. The van der Waals surface area contributed by atoms with Crippen molar-refractivity contribution < 1.29 is 4.74 Å². The number of rotatable bonds is 2. The predicted octanol–water partition coefficient (Wildman–Crippen LogP) is 2.82. The highest BCUT2D eigenvalue weighted by Crippen LogP contribution is 2.18. The lowest BCUT2D eigenvalue weighted by atomic mass is 10.1. The Labute approximate surface area is 103 Å². The van der Waals surface area contributed by atoms with Crippen LogP contribution in [0.2, 0.25) is 0 Å². The summed E-state index contributed by atoms with van der Waals surface area (Å²) in [4.78, 5) is 4.58.